The summed E-state index contributed by atoms with van der Waals surface area (Å²) in [5.41, 5.74) is 10.0. The van der Waals surface area contributed by atoms with Crippen molar-refractivity contribution in [1.82, 2.24) is 9.80 Å². The fourth-order valence-electron chi connectivity index (χ4n) is 5.52. The molecule has 2 aliphatic rings. The fourth-order valence-corrected chi connectivity index (χ4v) is 5.52. The summed E-state index contributed by atoms with van der Waals surface area (Å²) < 4.78 is 0. The van der Waals surface area contributed by atoms with Crippen LogP contribution in [0.2, 0.25) is 0 Å². The average molecular weight is 468 g/mol. The van der Waals surface area contributed by atoms with Gasteiger partial charge in [-0.2, -0.15) is 0 Å². The van der Waals surface area contributed by atoms with Gasteiger partial charge in [0.15, 0.2) is 0 Å². The number of benzene rings is 3. The highest BCUT2D eigenvalue weighted by atomic mass is 16.2. The van der Waals surface area contributed by atoms with E-state index < -0.39 is 6.04 Å². The first-order valence-corrected chi connectivity index (χ1v) is 12.6. The Bertz CT molecular complexity index is 1160. The summed E-state index contributed by atoms with van der Waals surface area (Å²) in [5, 5.41) is 0. The Morgan fingerprint density at radius 1 is 0.829 bits per heavy atom. The maximum absolute atomic E-state index is 13.8. The van der Waals surface area contributed by atoms with Crippen LogP contribution in [-0.2, 0) is 4.79 Å². The maximum atomic E-state index is 13.8. The van der Waals surface area contributed by atoms with E-state index in [0.717, 1.165) is 18.5 Å². The van der Waals surface area contributed by atoms with Crippen molar-refractivity contribution in [1.29, 1.82) is 0 Å². The van der Waals surface area contributed by atoms with Gasteiger partial charge in [0.2, 0.25) is 5.91 Å². The van der Waals surface area contributed by atoms with Crippen LogP contribution in [0.1, 0.15) is 64.7 Å². The van der Waals surface area contributed by atoms with Crippen LogP contribution in [-0.4, -0.2) is 47.3 Å². The Morgan fingerprint density at radius 2 is 1.43 bits per heavy atom. The van der Waals surface area contributed by atoms with Gasteiger partial charge in [-0.05, 0) is 48.6 Å². The Morgan fingerprint density at radius 3 is 2.03 bits per heavy atom. The van der Waals surface area contributed by atoms with Crippen LogP contribution in [0.15, 0.2) is 84.9 Å². The lowest BCUT2D eigenvalue weighted by Crippen LogP contribution is -2.47. The number of rotatable bonds is 5. The number of carbonyl (C=O) groups excluding carboxylic acids is 2. The minimum absolute atomic E-state index is 0.0717. The number of hydrogen-bond acceptors (Lipinski definition) is 3. The van der Waals surface area contributed by atoms with Crippen molar-refractivity contribution in [2.75, 3.05) is 19.6 Å². The number of nitrogens with two attached hydrogens (primary N) is 1. The zero-order valence-corrected chi connectivity index (χ0v) is 20.2. The second kappa shape index (κ2) is 10.0. The predicted octanol–water partition coefficient (Wildman–Crippen LogP) is 4.72. The van der Waals surface area contributed by atoms with E-state index in [2.05, 4.69) is 36.4 Å². The van der Waals surface area contributed by atoms with Crippen molar-refractivity contribution in [2.45, 2.75) is 43.7 Å². The SMILES string of the molecule is C[C@H](N)c1ccc(C(=O)N2C[C@@H](c3ccccc3)C[C@H]2C(=O)N2CC[C@H](c3ccccc3)C2)cc1. The van der Waals surface area contributed by atoms with Gasteiger partial charge in [-0.25, -0.2) is 0 Å². The maximum Gasteiger partial charge on any atom is 0.254 e. The Hall–Kier alpha value is -3.44. The van der Waals surface area contributed by atoms with Gasteiger partial charge in [-0.15, -0.1) is 0 Å². The van der Waals surface area contributed by atoms with E-state index in [4.69, 9.17) is 5.73 Å². The molecule has 2 N–H and O–H groups in total. The first-order valence-electron chi connectivity index (χ1n) is 12.6. The molecule has 0 spiro atoms. The molecule has 0 aliphatic carbocycles. The van der Waals surface area contributed by atoms with E-state index in [1.54, 1.807) is 4.90 Å². The lowest BCUT2D eigenvalue weighted by molar-refractivity contribution is -0.134. The van der Waals surface area contributed by atoms with Gasteiger partial charge < -0.3 is 15.5 Å². The van der Waals surface area contributed by atoms with Crippen LogP contribution in [0.3, 0.4) is 0 Å². The normalized spacial score (nSPS) is 22.9. The Balaban J connectivity index is 1.38. The van der Waals surface area contributed by atoms with Crippen molar-refractivity contribution in [3.05, 3.63) is 107 Å². The van der Waals surface area contributed by atoms with Crippen molar-refractivity contribution >= 4 is 11.8 Å². The second-order valence-corrected chi connectivity index (χ2v) is 9.91. The van der Waals surface area contributed by atoms with Crippen molar-refractivity contribution in [3.8, 4) is 0 Å². The molecule has 2 amide bonds. The molecule has 3 aromatic carbocycles. The van der Waals surface area contributed by atoms with Crippen molar-refractivity contribution < 1.29 is 9.59 Å². The Labute approximate surface area is 207 Å². The summed E-state index contributed by atoms with van der Waals surface area (Å²) in [5.74, 6) is 0.477. The highest BCUT2D eigenvalue weighted by Crippen LogP contribution is 2.35. The summed E-state index contributed by atoms with van der Waals surface area (Å²) in [7, 11) is 0. The molecule has 5 nitrogen and oxygen atoms in total. The van der Waals surface area contributed by atoms with Gasteiger partial charge in [0.25, 0.3) is 5.91 Å². The highest BCUT2D eigenvalue weighted by molar-refractivity contribution is 5.98. The molecular formula is C30H33N3O2. The van der Waals surface area contributed by atoms with E-state index in [0.29, 0.717) is 31.0 Å². The molecule has 4 atom stereocenters. The summed E-state index contributed by atoms with van der Waals surface area (Å²) in [4.78, 5) is 31.2. The van der Waals surface area contributed by atoms with Crippen LogP contribution < -0.4 is 5.73 Å². The van der Waals surface area contributed by atoms with Gasteiger partial charge in [0, 0.05) is 43.1 Å². The summed E-state index contributed by atoms with van der Waals surface area (Å²) in [6.07, 6.45) is 1.61. The zero-order valence-electron chi connectivity index (χ0n) is 20.2. The quantitative estimate of drug-likeness (QED) is 0.590. The monoisotopic (exact) mass is 467 g/mol. The molecule has 3 aromatic rings. The molecule has 2 heterocycles. The molecule has 0 bridgehead atoms. The van der Waals surface area contributed by atoms with Gasteiger partial charge in [-0.1, -0.05) is 72.8 Å². The topological polar surface area (TPSA) is 66.6 Å². The third kappa shape index (κ3) is 4.87. The average Bonchev–Trinajstić information content (AvgIpc) is 3.57. The molecule has 0 aromatic heterocycles. The first kappa shape index (κ1) is 23.3. The van der Waals surface area contributed by atoms with E-state index in [9.17, 15) is 9.59 Å². The minimum Gasteiger partial charge on any atom is -0.340 e. The molecule has 5 rings (SSSR count). The molecular weight excluding hydrogens is 434 g/mol. The summed E-state index contributed by atoms with van der Waals surface area (Å²) in [6.45, 7) is 3.91. The van der Waals surface area contributed by atoms with Crippen LogP contribution in [0.5, 0.6) is 0 Å². The van der Waals surface area contributed by atoms with Gasteiger partial charge in [0.1, 0.15) is 6.04 Å². The lowest BCUT2D eigenvalue weighted by atomic mass is 9.96. The van der Waals surface area contributed by atoms with Crippen LogP contribution in [0.4, 0.5) is 0 Å². The number of amides is 2. The third-order valence-electron chi connectivity index (χ3n) is 7.57. The molecule has 2 fully saturated rings. The van der Waals surface area contributed by atoms with Crippen LogP contribution in [0, 0.1) is 0 Å². The van der Waals surface area contributed by atoms with Gasteiger partial charge in [0.05, 0.1) is 0 Å². The molecule has 0 unspecified atom stereocenters. The first-order chi connectivity index (χ1) is 17.0. The number of nitrogens with zero attached hydrogens (tertiary/aromatic N) is 2. The summed E-state index contributed by atoms with van der Waals surface area (Å²) in [6, 6.07) is 27.6. The van der Waals surface area contributed by atoms with Crippen LogP contribution >= 0.6 is 0 Å². The molecule has 5 heteroatoms. The minimum atomic E-state index is -0.449. The molecule has 2 aliphatic heterocycles. The largest absolute Gasteiger partial charge is 0.340 e. The molecule has 180 valence electrons. The van der Waals surface area contributed by atoms with Crippen molar-refractivity contribution in [3.63, 3.8) is 0 Å². The second-order valence-electron chi connectivity index (χ2n) is 9.91. The van der Waals surface area contributed by atoms with Gasteiger partial charge in [-0.3, -0.25) is 9.59 Å². The molecule has 0 radical (unpaired) electrons. The number of likely N-dealkylation sites (tertiary alicyclic amines) is 2. The summed E-state index contributed by atoms with van der Waals surface area (Å²) >= 11 is 0. The number of carbonyl (C=O) groups is 2. The van der Waals surface area contributed by atoms with E-state index in [1.165, 1.54) is 11.1 Å². The van der Waals surface area contributed by atoms with E-state index in [1.807, 2.05) is 60.4 Å². The number of hydrogen-bond donors (Lipinski definition) is 1. The van der Waals surface area contributed by atoms with Crippen LogP contribution in [0.25, 0.3) is 0 Å². The predicted molar refractivity (Wildman–Crippen MR) is 138 cm³/mol. The lowest BCUT2D eigenvalue weighted by Gasteiger charge is -2.28. The molecule has 35 heavy (non-hydrogen) atoms. The fraction of sp³-hybridized carbons (Fsp3) is 0.333. The van der Waals surface area contributed by atoms with Gasteiger partial charge >= 0.3 is 0 Å². The molecule has 0 saturated carbocycles. The van der Waals surface area contributed by atoms with E-state index in [-0.39, 0.29) is 23.8 Å². The zero-order chi connectivity index (χ0) is 24.4. The van der Waals surface area contributed by atoms with Crippen molar-refractivity contribution in [2.24, 2.45) is 5.73 Å². The highest BCUT2D eigenvalue weighted by Gasteiger charge is 2.43. The standard InChI is InChI=1S/C30H33N3O2/c1-21(31)22-12-14-25(15-13-22)29(34)33-20-27(24-10-6-3-7-11-24)18-28(33)30(35)32-17-16-26(19-32)23-8-4-2-5-9-23/h2-15,21,26-28H,16-20,31H2,1H3/t21-,26-,27-,28-/m0/s1. The Kier molecular flexibility index (Phi) is 6.69. The van der Waals surface area contributed by atoms with E-state index >= 15 is 0 Å². The smallest absolute Gasteiger partial charge is 0.254 e. The molecule has 2 saturated heterocycles. The third-order valence-corrected chi connectivity index (χ3v) is 7.57.